The fraction of sp³-hybridized carbons (Fsp3) is 0.367. The second-order valence-electron chi connectivity index (χ2n) is 10.0. The molecule has 0 aliphatic rings. The number of nitro groups is 1. The fourth-order valence-electron chi connectivity index (χ4n) is 4.57. The summed E-state index contributed by atoms with van der Waals surface area (Å²) in [5.41, 5.74) is 2.27. The molecule has 0 saturated heterocycles. The number of nitrogens with one attached hydrogen (secondary N) is 1. The summed E-state index contributed by atoms with van der Waals surface area (Å²) in [7, 11) is 1.62. The third kappa shape index (κ3) is 7.81. The second-order valence-corrected chi connectivity index (χ2v) is 11.5. The highest BCUT2D eigenvalue weighted by Crippen LogP contribution is 2.31. The van der Waals surface area contributed by atoms with E-state index in [0.29, 0.717) is 22.7 Å². The molecule has 0 saturated carbocycles. The van der Waals surface area contributed by atoms with E-state index in [1.165, 1.54) is 18.2 Å². The van der Waals surface area contributed by atoms with E-state index in [-0.39, 0.29) is 16.1 Å². The number of nitro benzene ring substituents is 1. The van der Waals surface area contributed by atoms with Crippen LogP contribution in [0.15, 0.2) is 70.5 Å². The first kappa shape index (κ1) is 30.1. The van der Waals surface area contributed by atoms with Crippen LogP contribution in [0.4, 0.5) is 11.4 Å². The Morgan fingerprint density at radius 2 is 1.69 bits per heavy atom. The number of carbonyl (C=O) groups excluding carboxylic acids is 1. The number of rotatable bonds is 12. The highest BCUT2D eigenvalue weighted by molar-refractivity contribution is 7.91. The number of amides is 1. The summed E-state index contributed by atoms with van der Waals surface area (Å²) in [6.45, 7) is 11.6. The summed E-state index contributed by atoms with van der Waals surface area (Å²) in [5.74, 6) is 0.250. The molecule has 3 aromatic carbocycles. The molecule has 1 amide bonds. The van der Waals surface area contributed by atoms with Gasteiger partial charge in [-0.1, -0.05) is 17.7 Å². The molecule has 3 aromatic rings. The van der Waals surface area contributed by atoms with E-state index < -0.39 is 22.0 Å². The van der Waals surface area contributed by atoms with Gasteiger partial charge in [-0.05, 0) is 96.0 Å². The first-order valence-electron chi connectivity index (χ1n) is 13.0. The van der Waals surface area contributed by atoms with E-state index in [1.807, 2.05) is 19.1 Å². The van der Waals surface area contributed by atoms with Gasteiger partial charge in [-0.3, -0.25) is 19.8 Å². The number of anilines is 1. The molecule has 0 aliphatic carbocycles. The number of ether oxygens (including phenoxy) is 1. The lowest BCUT2D eigenvalue weighted by atomic mass is 10.1. The Morgan fingerprint density at radius 1 is 1.03 bits per heavy atom. The molecule has 0 spiro atoms. The maximum atomic E-state index is 13.0. The number of aryl methyl sites for hydroxylation is 2. The molecule has 0 aromatic heterocycles. The molecule has 9 heteroatoms. The van der Waals surface area contributed by atoms with Crippen LogP contribution in [0.5, 0.6) is 5.75 Å². The molecule has 8 nitrogen and oxygen atoms in total. The zero-order valence-corrected chi connectivity index (χ0v) is 24.2. The Labute approximate surface area is 233 Å². The smallest absolute Gasteiger partial charge is 0.324 e. The molecule has 0 bridgehead atoms. The minimum Gasteiger partial charge on any atom is -0.606 e. The van der Waals surface area contributed by atoms with Crippen LogP contribution in [0.25, 0.3) is 0 Å². The topological polar surface area (TPSA) is 108 Å². The van der Waals surface area contributed by atoms with Crippen LogP contribution in [0, 0.1) is 17.0 Å². The second kappa shape index (κ2) is 13.6. The van der Waals surface area contributed by atoms with Gasteiger partial charge in [0, 0.05) is 46.6 Å². The molecule has 39 heavy (non-hydrogen) atoms. The van der Waals surface area contributed by atoms with Crippen molar-refractivity contribution in [3.05, 3.63) is 87.5 Å². The van der Waals surface area contributed by atoms with Gasteiger partial charge >= 0.3 is 5.69 Å². The molecule has 0 fully saturated rings. The largest absolute Gasteiger partial charge is 0.606 e. The number of benzene rings is 3. The van der Waals surface area contributed by atoms with Crippen molar-refractivity contribution in [2.24, 2.45) is 0 Å². The van der Waals surface area contributed by atoms with Crippen LogP contribution >= 0.6 is 0 Å². The summed E-state index contributed by atoms with van der Waals surface area (Å²) < 4.78 is 18.6. The van der Waals surface area contributed by atoms with E-state index in [0.717, 1.165) is 36.3 Å². The maximum Gasteiger partial charge on any atom is 0.324 e. The van der Waals surface area contributed by atoms with E-state index in [9.17, 15) is 19.5 Å². The van der Waals surface area contributed by atoms with Gasteiger partial charge in [-0.15, -0.1) is 0 Å². The van der Waals surface area contributed by atoms with Crippen LogP contribution in [-0.4, -0.2) is 46.0 Å². The van der Waals surface area contributed by atoms with E-state index in [4.69, 9.17) is 4.74 Å². The maximum absolute atomic E-state index is 13.0. The molecule has 1 unspecified atom stereocenters. The van der Waals surface area contributed by atoms with Gasteiger partial charge < -0.3 is 14.6 Å². The number of hydrogen-bond donors (Lipinski definition) is 1. The first-order valence-corrected chi connectivity index (χ1v) is 14.2. The first-order chi connectivity index (χ1) is 18.5. The Kier molecular flexibility index (Phi) is 10.5. The minimum atomic E-state index is -1.76. The van der Waals surface area contributed by atoms with Crippen LogP contribution in [0.2, 0.25) is 0 Å². The van der Waals surface area contributed by atoms with Crippen LogP contribution < -0.4 is 10.1 Å². The molecule has 3 rings (SSSR count). The van der Waals surface area contributed by atoms with Gasteiger partial charge in [0.1, 0.15) is 5.75 Å². The molecular formula is C30H37N3O5S. The van der Waals surface area contributed by atoms with Crippen molar-refractivity contribution in [3.63, 3.8) is 0 Å². The normalized spacial score (nSPS) is 12.2. The van der Waals surface area contributed by atoms with Gasteiger partial charge in [-0.25, -0.2) is 0 Å². The van der Waals surface area contributed by atoms with Gasteiger partial charge in [0.2, 0.25) is 4.90 Å². The average molecular weight is 552 g/mol. The molecule has 1 N–H and O–H groups in total. The Bertz CT molecular complexity index is 1290. The number of nitrogens with zero attached hydrogens (tertiary/aromatic N) is 2. The van der Waals surface area contributed by atoms with E-state index in [1.54, 1.807) is 37.4 Å². The zero-order chi connectivity index (χ0) is 28.7. The van der Waals surface area contributed by atoms with E-state index in [2.05, 4.69) is 37.9 Å². The highest BCUT2D eigenvalue weighted by Gasteiger charge is 2.28. The number of hydrogen-bond acceptors (Lipinski definition) is 6. The van der Waals surface area contributed by atoms with Crippen molar-refractivity contribution < 1.29 is 19.0 Å². The van der Waals surface area contributed by atoms with Crippen molar-refractivity contribution >= 4 is 28.5 Å². The van der Waals surface area contributed by atoms with E-state index >= 15 is 0 Å². The van der Waals surface area contributed by atoms with Crippen molar-refractivity contribution in [1.82, 2.24) is 4.90 Å². The van der Waals surface area contributed by atoms with Gasteiger partial charge in [0.25, 0.3) is 5.91 Å². The molecule has 0 radical (unpaired) electrons. The average Bonchev–Trinajstić information content (AvgIpc) is 2.90. The summed E-state index contributed by atoms with van der Waals surface area (Å²) in [4.78, 5) is 27.2. The lowest BCUT2D eigenvalue weighted by Crippen LogP contribution is -2.37. The van der Waals surface area contributed by atoms with Crippen LogP contribution in [0.1, 0.15) is 55.6 Å². The minimum absolute atomic E-state index is 0.0453. The Hall–Kier alpha value is -3.40. The predicted molar refractivity (Wildman–Crippen MR) is 155 cm³/mol. The summed E-state index contributed by atoms with van der Waals surface area (Å²) in [6.07, 6.45) is 1.70. The summed E-state index contributed by atoms with van der Waals surface area (Å²) in [6, 6.07) is 17.3. The zero-order valence-electron chi connectivity index (χ0n) is 23.4. The van der Waals surface area contributed by atoms with Gasteiger partial charge in [0.05, 0.1) is 12.0 Å². The van der Waals surface area contributed by atoms with Gasteiger partial charge in [0.15, 0.2) is 4.90 Å². The SMILES string of the molecule is COc1ccc(NC(=O)c2ccc([S+]([O-])c3ccc(C)cc3)c([N+](=O)[O-])c2)cc1CCCN(C(C)C)C(C)C. The summed E-state index contributed by atoms with van der Waals surface area (Å²) >= 11 is -1.76. The molecule has 0 heterocycles. The third-order valence-corrected chi connectivity index (χ3v) is 8.02. The predicted octanol–water partition coefficient (Wildman–Crippen LogP) is 6.38. The van der Waals surface area contributed by atoms with Crippen molar-refractivity contribution in [2.45, 2.75) is 69.3 Å². The monoisotopic (exact) mass is 551 g/mol. The molecular weight excluding hydrogens is 514 g/mol. The van der Waals surface area contributed by atoms with Crippen molar-refractivity contribution in [2.75, 3.05) is 19.0 Å². The standard InChI is InChI=1S/C30H37N3O5S/c1-20(2)32(21(3)4)17-7-8-23-18-25(12-15-28(23)38-6)31-30(34)24-11-16-29(27(19-24)33(35)36)39(37)26-13-9-22(5)10-14-26/h9-16,18-21H,7-8,17H2,1-6H3,(H,31,34). The van der Waals surface area contributed by atoms with Gasteiger partial charge in [-0.2, -0.15) is 0 Å². The summed E-state index contributed by atoms with van der Waals surface area (Å²) in [5, 5.41) is 14.6. The molecule has 0 aliphatic heterocycles. The molecule has 1 atom stereocenters. The molecule has 208 valence electrons. The lowest BCUT2D eigenvalue weighted by molar-refractivity contribution is -0.387. The third-order valence-electron chi connectivity index (χ3n) is 6.58. The Morgan fingerprint density at radius 3 is 2.28 bits per heavy atom. The quantitative estimate of drug-likeness (QED) is 0.159. The fourth-order valence-corrected chi connectivity index (χ4v) is 5.72. The highest BCUT2D eigenvalue weighted by atomic mass is 32.2. The van der Waals surface area contributed by atoms with Crippen LogP contribution in [-0.2, 0) is 17.6 Å². The van der Waals surface area contributed by atoms with Crippen molar-refractivity contribution in [1.29, 1.82) is 0 Å². The number of methoxy groups -OCH3 is 1. The van der Waals surface area contributed by atoms with Crippen LogP contribution in [0.3, 0.4) is 0 Å². The Balaban J connectivity index is 1.78. The van der Waals surface area contributed by atoms with Crippen molar-refractivity contribution in [3.8, 4) is 5.75 Å². The lowest BCUT2D eigenvalue weighted by Gasteiger charge is -2.30. The number of carbonyl (C=O) groups is 1.